The first-order chi connectivity index (χ1) is 7.19. The van der Waals surface area contributed by atoms with Gasteiger partial charge in [0.2, 0.25) is 0 Å². The number of benzene rings is 1. The van der Waals surface area contributed by atoms with E-state index in [1.54, 1.807) is 25.1 Å². The molecule has 15 heavy (non-hydrogen) atoms. The normalized spacial score (nSPS) is 12.3. The topological polar surface area (TPSA) is 58.9 Å². The molecule has 1 unspecified atom stereocenters. The Labute approximate surface area is 89.1 Å². The van der Waals surface area contributed by atoms with Crippen LogP contribution in [-0.2, 0) is 0 Å². The average molecular weight is 212 g/mol. The maximum Gasteiger partial charge on any atom is 0.161 e. The van der Waals surface area contributed by atoms with Crippen LogP contribution in [0.15, 0.2) is 18.2 Å². The van der Waals surface area contributed by atoms with Crippen LogP contribution in [0.4, 0.5) is 0 Å². The van der Waals surface area contributed by atoms with Gasteiger partial charge < -0.3 is 19.7 Å². The Bertz CT molecular complexity index is 309. The molecule has 0 aromatic heterocycles. The van der Waals surface area contributed by atoms with E-state index >= 15 is 0 Å². The minimum Gasteiger partial charge on any atom is -0.493 e. The van der Waals surface area contributed by atoms with Crippen LogP contribution < -0.4 is 9.47 Å². The van der Waals surface area contributed by atoms with E-state index in [2.05, 4.69) is 0 Å². The van der Waals surface area contributed by atoms with Crippen LogP contribution in [0.5, 0.6) is 11.5 Å². The number of rotatable bonds is 5. The van der Waals surface area contributed by atoms with Crippen LogP contribution in [0.25, 0.3) is 0 Å². The molecule has 0 heterocycles. The second kappa shape index (κ2) is 5.58. The van der Waals surface area contributed by atoms with Crippen molar-refractivity contribution < 1.29 is 19.7 Å². The van der Waals surface area contributed by atoms with Gasteiger partial charge in [-0.15, -0.1) is 0 Å². The highest BCUT2D eigenvalue weighted by atomic mass is 16.5. The van der Waals surface area contributed by atoms with Gasteiger partial charge >= 0.3 is 0 Å². The standard InChI is InChI=1S/C11H16O4/c1-8(13)9-3-4-10(15-6-5-12)11(7-9)14-2/h3-4,7-8,12-13H,5-6H2,1-2H3. The molecule has 1 rings (SSSR count). The van der Waals surface area contributed by atoms with E-state index in [1.807, 2.05) is 0 Å². The molecule has 0 spiro atoms. The van der Waals surface area contributed by atoms with E-state index in [9.17, 15) is 5.11 Å². The summed E-state index contributed by atoms with van der Waals surface area (Å²) in [7, 11) is 1.53. The molecule has 0 saturated carbocycles. The zero-order chi connectivity index (χ0) is 11.3. The van der Waals surface area contributed by atoms with E-state index in [0.717, 1.165) is 5.56 Å². The van der Waals surface area contributed by atoms with Gasteiger partial charge in [0.25, 0.3) is 0 Å². The molecule has 1 atom stereocenters. The summed E-state index contributed by atoms with van der Waals surface area (Å²) in [5.74, 6) is 1.12. The van der Waals surface area contributed by atoms with Gasteiger partial charge in [-0.25, -0.2) is 0 Å². The summed E-state index contributed by atoms with van der Waals surface area (Å²) in [5.41, 5.74) is 0.767. The van der Waals surface area contributed by atoms with Crippen LogP contribution >= 0.6 is 0 Å². The maximum absolute atomic E-state index is 9.37. The molecule has 2 N–H and O–H groups in total. The van der Waals surface area contributed by atoms with Crippen molar-refractivity contribution in [2.24, 2.45) is 0 Å². The van der Waals surface area contributed by atoms with Crippen molar-refractivity contribution in [2.45, 2.75) is 13.0 Å². The van der Waals surface area contributed by atoms with Crippen LogP contribution in [0, 0.1) is 0 Å². The third-order valence-electron chi connectivity index (χ3n) is 2.02. The van der Waals surface area contributed by atoms with Crippen molar-refractivity contribution in [3.05, 3.63) is 23.8 Å². The number of aliphatic hydroxyl groups is 2. The lowest BCUT2D eigenvalue weighted by Gasteiger charge is -2.12. The smallest absolute Gasteiger partial charge is 0.161 e. The Balaban J connectivity index is 2.88. The quantitative estimate of drug-likeness (QED) is 0.768. The second-order valence-electron chi connectivity index (χ2n) is 3.16. The average Bonchev–Trinajstić information content (AvgIpc) is 2.25. The number of methoxy groups -OCH3 is 1. The SMILES string of the molecule is COc1cc(C(C)O)ccc1OCCO. The van der Waals surface area contributed by atoms with Crippen molar-refractivity contribution >= 4 is 0 Å². The zero-order valence-corrected chi connectivity index (χ0v) is 8.93. The van der Waals surface area contributed by atoms with E-state index in [4.69, 9.17) is 14.6 Å². The van der Waals surface area contributed by atoms with Gasteiger partial charge in [-0.1, -0.05) is 6.07 Å². The molecule has 0 saturated heterocycles. The Hall–Kier alpha value is -1.26. The van der Waals surface area contributed by atoms with Gasteiger partial charge in [-0.3, -0.25) is 0 Å². The minimum atomic E-state index is -0.536. The maximum atomic E-state index is 9.37. The van der Waals surface area contributed by atoms with Crippen LogP contribution in [-0.4, -0.2) is 30.5 Å². The molecule has 1 aromatic rings. The van der Waals surface area contributed by atoms with Crippen LogP contribution in [0.3, 0.4) is 0 Å². The van der Waals surface area contributed by atoms with Crippen LogP contribution in [0.2, 0.25) is 0 Å². The van der Waals surface area contributed by atoms with E-state index in [0.29, 0.717) is 11.5 Å². The van der Waals surface area contributed by atoms with Gasteiger partial charge in [-0.05, 0) is 24.6 Å². The fourth-order valence-corrected chi connectivity index (χ4v) is 1.22. The van der Waals surface area contributed by atoms with E-state index < -0.39 is 6.10 Å². The third-order valence-corrected chi connectivity index (χ3v) is 2.02. The summed E-state index contributed by atoms with van der Waals surface area (Å²) < 4.78 is 10.4. The van der Waals surface area contributed by atoms with Gasteiger partial charge in [0.05, 0.1) is 19.8 Å². The van der Waals surface area contributed by atoms with Gasteiger partial charge in [-0.2, -0.15) is 0 Å². The highest BCUT2D eigenvalue weighted by molar-refractivity contribution is 5.43. The first-order valence-corrected chi connectivity index (χ1v) is 4.78. The van der Waals surface area contributed by atoms with Crippen molar-refractivity contribution in [3.63, 3.8) is 0 Å². The van der Waals surface area contributed by atoms with Crippen molar-refractivity contribution in [3.8, 4) is 11.5 Å². The Morgan fingerprint density at radius 3 is 2.60 bits per heavy atom. The summed E-state index contributed by atoms with van der Waals surface area (Å²) in [6.07, 6.45) is -0.536. The number of aliphatic hydroxyl groups excluding tert-OH is 2. The molecular formula is C11H16O4. The van der Waals surface area contributed by atoms with Gasteiger partial charge in [0.15, 0.2) is 11.5 Å². The van der Waals surface area contributed by atoms with Crippen molar-refractivity contribution in [1.29, 1.82) is 0 Å². The molecule has 4 nitrogen and oxygen atoms in total. The predicted octanol–water partition coefficient (Wildman–Crippen LogP) is 1.12. The lowest BCUT2D eigenvalue weighted by molar-refractivity contribution is 0.192. The Morgan fingerprint density at radius 1 is 1.33 bits per heavy atom. The largest absolute Gasteiger partial charge is 0.493 e. The molecule has 0 amide bonds. The highest BCUT2D eigenvalue weighted by Crippen LogP contribution is 2.30. The highest BCUT2D eigenvalue weighted by Gasteiger charge is 2.08. The molecule has 84 valence electrons. The monoisotopic (exact) mass is 212 g/mol. The van der Waals surface area contributed by atoms with Crippen molar-refractivity contribution in [1.82, 2.24) is 0 Å². The zero-order valence-electron chi connectivity index (χ0n) is 8.93. The molecular weight excluding hydrogens is 196 g/mol. The molecule has 0 aliphatic heterocycles. The lowest BCUT2D eigenvalue weighted by Crippen LogP contribution is -2.03. The first-order valence-electron chi connectivity index (χ1n) is 4.78. The fraction of sp³-hybridized carbons (Fsp3) is 0.455. The lowest BCUT2D eigenvalue weighted by atomic mass is 10.1. The first kappa shape index (κ1) is 11.8. The second-order valence-corrected chi connectivity index (χ2v) is 3.16. The Morgan fingerprint density at radius 2 is 2.07 bits per heavy atom. The van der Waals surface area contributed by atoms with E-state index in [-0.39, 0.29) is 13.2 Å². The van der Waals surface area contributed by atoms with Gasteiger partial charge in [0.1, 0.15) is 6.61 Å². The summed E-state index contributed by atoms with van der Waals surface area (Å²) in [4.78, 5) is 0. The molecule has 0 aliphatic carbocycles. The molecule has 4 heteroatoms. The summed E-state index contributed by atoms with van der Waals surface area (Å²) in [5, 5.41) is 18.0. The van der Waals surface area contributed by atoms with Crippen molar-refractivity contribution in [2.75, 3.05) is 20.3 Å². The van der Waals surface area contributed by atoms with Gasteiger partial charge in [0, 0.05) is 0 Å². The summed E-state index contributed by atoms with van der Waals surface area (Å²) in [6.45, 7) is 1.87. The van der Waals surface area contributed by atoms with Crippen LogP contribution in [0.1, 0.15) is 18.6 Å². The third kappa shape index (κ3) is 3.11. The number of hydrogen-bond acceptors (Lipinski definition) is 4. The predicted molar refractivity (Wildman–Crippen MR) is 56.2 cm³/mol. The van der Waals surface area contributed by atoms with E-state index in [1.165, 1.54) is 7.11 Å². The summed E-state index contributed by atoms with van der Waals surface area (Å²) in [6, 6.07) is 5.20. The Kier molecular flexibility index (Phi) is 4.39. The molecule has 1 aromatic carbocycles. The molecule has 0 fully saturated rings. The number of ether oxygens (including phenoxy) is 2. The number of hydrogen-bond donors (Lipinski definition) is 2. The fourth-order valence-electron chi connectivity index (χ4n) is 1.22. The molecule has 0 radical (unpaired) electrons. The summed E-state index contributed by atoms with van der Waals surface area (Å²) >= 11 is 0. The molecule has 0 aliphatic rings. The minimum absolute atomic E-state index is 0.0404. The molecule has 0 bridgehead atoms.